The van der Waals surface area contributed by atoms with Crippen molar-refractivity contribution < 1.29 is 26.4 Å². The second-order valence-corrected chi connectivity index (χ2v) is 8.60. The van der Waals surface area contributed by atoms with E-state index in [0.717, 1.165) is 47.7 Å². The first-order valence-corrected chi connectivity index (χ1v) is 10.3. The van der Waals surface area contributed by atoms with Crippen molar-refractivity contribution in [1.29, 1.82) is 0 Å². The third kappa shape index (κ3) is 5.36. The van der Waals surface area contributed by atoms with Crippen molar-refractivity contribution >= 4 is 21.6 Å². The number of hydrogen-bond donors (Lipinski definition) is 0. The SMILES string of the molecule is CC1CCN(C(=O)CCN(c2ccc(C(F)(F)F)cc2)S(C)(=O)=O)CC1. The molecule has 9 heteroatoms. The predicted molar refractivity (Wildman–Crippen MR) is 93.2 cm³/mol. The molecule has 1 fully saturated rings. The van der Waals surface area contributed by atoms with Crippen molar-refractivity contribution in [3.63, 3.8) is 0 Å². The Morgan fingerprint density at radius 2 is 1.73 bits per heavy atom. The Morgan fingerprint density at radius 1 is 1.19 bits per heavy atom. The minimum Gasteiger partial charge on any atom is -0.343 e. The summed E-state index contributed by atoms with van der Waals surface area (Å²) < 4.78 is 63.0. The van der Waals surface area contributed by atoms with Gasteiger partial charge in [-0.1, -0.05) is 6.92 Å². The van der Waals surface area contributed by atoms with E-state index in [1.807, 2.05) is 0 Å². The number of nitrogens with zero attached hydrogens (tertiary/aromatic N) is 2. The molecule has 1 heterocycles. The molecule has 0 radical (unpaired) electrons. The van der Waals surface area contributed by atoms with Crippen LogP contribution in [-0.4, -0.2) is 45.1 Å². The molecule has 0 aliphatic carbocycles. The van der Waals surface area contributed by atoms with Crippen molar-refractivity contribution in [2.45, 2.75) is 32.4 Å². The van der Waals surface area contributed by atoms with E-state index in [1.54, 1.807) is 4.90 Å². The van der Waals surface area contributed by atoms with Gasteiger partial charge in [0.15, 0.2) is 0 Å². The lowest BCUT2D eigenvalue weighted by atomic mass is 9.99. The van der Waals surface area contributed by atoms with Gasteiger partial charge in [-0.3, -0.25) is 9.10 Å². The number of piperidine rings is 1. The van der Waals surface area contributed by atoms with E-state index in [-0.39, 0.29) is 24.6 Å². The average Bonchev–Trinajstić information content (AvgIpc) is 2.54. The van der Waals surface area contributed by atoms with Crippen LogP contribution in [0.15, 0.2) is 24.3 Å². The second kappa shape index (κ2) is 7.85. The zero-order valence-corrected chi connectivity index (χ0v) is 15.6. The zero-order chi connectivity index (χ0) is 19.5. The molecular weight excluding hydrogens is 369 g/mol. The summed E-state index contributed by atoms with van der Waals surface area (Å²) in [6, 6.07) is 3.89. The van der Waals surface area contributed by atoms with Crippen LogP contribution in [0.2, 0.25) is 0 Å². The largest absolute Gasteiger partial charge is 0.416 e. The number of amides is 1. The highest BCUT2D eigenvalue weighted by Gasteiger charge is 2.31. The molecule has 2 rings (SSSR count). The molecule has 0 atom stereocenters. The number of carbonyl (C=O) groups excluding carboxylic acids is 1. The first-order chi connectivity index (χ1) is 12.0. The van der Waals surface area contributed by atoms with E-state index in [4.69, 9.17) is 0 Å². The standard InChI is InChI=1S/C17H23F3N2O3S/c1-13-7-10-21(11-8-13)16(23)9-12-22(26(2,24)25)15-5-3-14(4-6-15)17(18,19)20/h3-6,13H,7-12H2,1-2H3. The minimum atomic E-state index is -4.49. The van der Waals surface area contributed by atoms with E-state index in [0.29, 0.717) is 19.0 Å². The Balaban J connectivity index is 2.07. The Hall–Kier alpha value is -1.77. The summed E-state index contributed by atoms with van der Waals surface area (Å²) in [4.78, 5) is 14.0. The summed E-state index contributed by atoms with van der Waals surface area (Å²) in [5.41, 5.74) is -0.742. The second-order valence-electron chi connectivity index (χ2n) is 6.69. The molecule has 5 nitrogen and oxygen atoms in total. The fraction of sp³-hybridized carbons (Fsp3) is 0.588. The number of hydrogen-bond acceptors (Lipinski definition) is 3. The Bertz CT molecular complexity index is 725. The van der Waals surface area contributed by atoms with Crippen LogP contribution in [0.4, 0.5) is 18.9 Å². The molecule has 0 saturated carbocycles. The zero-order valence-electron chi connectivity index (χ0n) is 14.8. The topological polar surface area (TPSA) is 57.7 Å². The molecular formula is C17H23F3N2O3S. The smallest absolute Gasteiger partial charge is 0.343 e. The molecule has 1 aliphatic heterocycles. The number of anilines is 1. The molecule has 146 valence electrons. The molecule has 1 amide bonds. The molecule has 0 unspecified atom stereocenters. The maximum atomic E-state index is 12.7. The van der Waals surface area contributed by atoms with E-state index in [1.165, 1.54) is 0 Å². The monoisotopic (exact) mass is 392 g/mol. The van der Waals surface area contributed by atoms with Gasteiger partial charge in [0.2, 0.25) is 15.9 Å². The summed E-state index contributed by atoms with van der Waals surface area (Å²) in [6.45, 7) is 3.32. The third-order valence-electron chi connectivity index (χ3n) is 4.55. The first-order valence-electron chi connectivity index (χ1n) is 8.41. The molecule has 1 saturated heterocycles. The maximum Gasteiger partial charge on any atom is 0.416 e. The molecule has 0 spiro atoms. The predicted octanol–water partition coefficient (Wildman–Crippen LogP) is 3.12. The van der Waals surface area contributed by atoms with Gasteiger partial charge < -0.3 is 4.90 Å². The van der Waals surface area contributed by atoms with Crippen molar-refractivity contribution in [3.8, 4) is 0 Å². The van der Waals surface area contributed by atoms with Crippen LogP contribution in [0.3, 0.4) is 0 Å². The molecule has 26 heavy (non-hydrogen) atoms. The average molecular weight is 392 g/mol. The van der Waals surface area contributed by atoms with E-state index < -0.39 is 21.8 Å². The lowest BCUT2D eigenvalue weighted by Crippen LogP contribution is -2.40. The van der Waals surface area contributed by atoms with Crippen LogP contribution in [0.5, 0.6) is 0 Å². The lowest BCUT2D eigenvalue weighted by Gasteiger charge is -2.31. The van der Waals surface area contributed by atoms with Crippen LogP contribution >= 0.6 is 0 Å². The van der Waals surface area contributed by atoms with E-state index in [9.17, 15) is 26.4 Å². The van der Waals surface area contributed by atoms with Crippen molar-refractivity contribution in [2.24, 2.45) is 5.92 Å². The molecule has 0 N–H and O–H groups in total. The number of carbonyl (C=O) groups is 1. The van der Waals surface area contributed by atoms with Gasteiger partial charge in [-0.2, -0.15) is 13.2 Å². The van der Waals surface area contributed by atoms with Crippen molar-refractivity contribution in [3.05, 3.63) is 29.8 Å². The number of sulfonamides is 1. The van der Waals surface area contributed by atoms with Gasteiger partial charge in [0, 0.05) is 26.1 Å². The van der Waals surface area contributed by atoms with Gasteiger partial charge in [-0.25, -0.2) is 8.42 Å². The number of likely N-dealkylation sites (tertiary alicyclic amines) is 1. The summed E-state index contributed by atoms with van der Waals surface area (Å²) in [7, 11) is -3.72. The van der Waals surface area contributed by atoms with E-state index >= 15 is 0 Å². The number of rotatable bonds is 5. The highest BCUT2D eigenvalue weighted by atomic mass is 32.2. The molecule has 1 aromatic rings. The normalized spacial score (nSPS) is 16.6. The van der Waals surface area contributed by atoms with E-state index in [2.05, 4.69) is 6.92 Å². The molecule has 0 bridgehead atoms. The minimum absolute atomic E-state index is 0.0114. The fourth-order valence-electron chi connectivity index (χ4n) is 2.92. The van der Waals surface area contributed by atoms with Crippen molar-refractivity contribution in [2.75, 3.05) is 30.2 Å². The van der Waals surface area contributed by atoms with Gasteiger partial charge in [-0.05, 0) is 43.0 Å². The molecule has 0 aromatic heterocycles. The third-order valence-corrected chi connectivity index (χ3v) is 5.74. The van der Waals surface area contributed by atoms with Gasteiger partial charge in [0.25, 0.3) is 0 Å². The maximum absolute atomic E-state index is 12.7. The first kappa shape index (κ1) is 20.5. The molecule has 1 aliphatic rings. The van der Waals surface area contributed by atoms with Gasteiger partial charge in [-0.15, -0.1) is 0 Å². The highest BCUT2D eigenvalue weighted by molar-refractivity contribution is 7.92. The number of halogens is 3. The van der Waals surface area contributed by atoms with Crippen LogP contribution in [0.1, 0.15) is 31.7 Å². The molecule has 1 aromatic carbocycles. The van der Waals surface area contributed by atoms with Crippen LogP contribution < -0.4 is 4.31 Å². The lowest BCUT2D eigenvalue weighted by molar-refractivity contribution is -0.137. The number of benzene rings is 1. The summed E-state index contributed by atoms with van der Waals surface area (Å²) in [5.74, 6) is 0.427. The quantitative estimate of drug-likeness (QED) is 0.774. The summed E-state index contributed by atoms with van der Waals surface area (Å²) >= 11 is 0. The van der Waals surface area contributed by atoms with Crippen LogP contribution in [0.25, 0.3) is 0 Å². The van der Waals surface area contributed by atoms with Crippen molar-refractivity contribution in [1.82, 2.24) is 4.90 Å². The van der Waals surface area contributed by atoms with Gasteiger partial charge in [0.1, 0.15) is 0 Å². The van der Waals surface area contributed by atoms with Crippen LogP contribution in [0, 0.1) is 5.92 Å². The Morgan fingerprint density at radius 3 is 2.19 bits per heavy atom. The number of alkyl halides is 3. The Labute approximate surface area is 151 Å². The summed E-state index contributed by atoms with van der Waals surface area (Å²) in [6.07, 6.45) is -1.70. The van der Waals surface area contributed by atoms with Crippen LogP contribution in [-0.2, 0) is 21.0 Å². The van der Waals surface area contributed by atoms with Gasteiger partial charge >= 0.3 is 6.18 Å². The fourth-order valence-corrected chi connectivity index (χ4v) is 3.84. The van der Waals surface area contributed by atoms with Gasteiger partial charge in [0.05, 0.1) is 17.5 Å². The summed E-state index contributed by atoms with van der Waals surface area (Å²) in [5, 5.41) is 0. The Kier molecular flexibility index (Phi) is 6.21. The highest BCUT2D eigenvalue weighted by Crippen LogP contribution is 2.31.